The number of halogens is 2. The lowest BCUT2D eigenvalue weighted by Crippen LogP contribution is -2.19. The first kappa shape index (κ1) is 11.0. The van der Waals surface area contributed by atoms with E-state index < -0.39 is 0 Å². The van der Waals surface area contributed by atoms with Crippen LogP contribution in [0, 0.1) is 0 Å². The van der Waals surface area contributed by atoms with E-state index >= 15 is 0 Å². The van der Waals surface area contributed by atoms with E-state index in [-0.39, 0.29) is 12.6 Å². The van der Waals surface area contributed by atoms with Gasteiger partial charge in [0.25, 0.3) is 0 Å². The fraction of sp³-hybridized carbons (Fsp3) is 0.333. The van der Waals surface area contributed by atoms with E-state index in [1.54, 1.807) is 7.05 Å². The summed E-state index contributed by atoms with van der Waals surface area (Å²) in [4.78, 5) is 0. The number of aliphatic hydroxyl groups is 1. The summed E-state index contributed by atoms with van der Waals surface area (Å²) in [5, 5.41) is 12.7. The largest absolute Gasteiger partial charge is 0.394 e. The Hall–Kier alpha value is -0.0900. The van der Waals surface area contributed by atoms with Crippen molar-refractivity contribution in [2.75, 3.05) is 13.7 Å². The van der Waals surface area contributed by atoms with Gasteiger partial charge in [0.2, 0.25) is 0 Å². The SMILES string of the molecule is CN[C@@H](CO)c1ccc(Br)c(Cl)c1. The van der Waals surface area contributed by atoms with Crippen molar-refractivity contribution >= 4 is 27.5 Å². The predicted octanol–water partition coefficient (Wildman–Crippen LogP) is 2.36. The first-order chi connectivity index (χ1) is 6.19. The van der Waals surface area contributed by atoms with Crippen LogP contribution in [0.3, 0.4) is 0 Å². The minimum Gasteiger partial charge on any atom is -0.394 e. The Bertz CT molecular complexity index is 289. The second-order valence-electron chi connectivity index (χ2n) is 2.70. The minimum absolute atomic E-state index is 0.0504. The zero-order chi connectivity index (χ0) is 9.84. The summed E-state index contributed by atoms with van der Waals surface area (Å²) in [6.45, 7) is 0.0639. The Morgan fingerprint density at radius 2 is 2.31 bits per heavy atom. The molecule has 0 heterocycles. The second kappa shape index (κ2) is 4.96. The molecule has 0 saturated heterocycles. The van der Waals surface area contributed by atoms with Gasteiger partial charge >= 0.3 is 0 Å². The van der Waals surface area contributed by atoms with Crippen LogP contribution in [0.15, 0.2) is 22.7 Å². The maximum absolute atomic E-state index is 9.02. The maximum atomic E-state index is 9.02. The number of benzene rings is 1. The van der Waals surface area contributed by atoms with Gasteiger partial charge in [0.1, 0.15) is 0 Å². The van der Waals surface area contributed by atoms with E-state index in [4.69, 9.17) is 16.7 Å². The highest BCUT2D eigenvalue weighted by molar-refractivity contribution is 9.10. The highest BCUT2D eigenvalue weighted by Crippen LogP contribution is 2.25. The standard InChI is InChI=1S/C9H11BrClNO/c1-12-9(5-13)6-2-3-7(10)8(11)4-6/h2-4,9,12-13H,5H2,1H3/t9-/m0/s1. The lowest BCUT2D eigenvalue weighted by molar-refractivity contribution is 0.251. The number of rotatable bonds is 3. The van der Waals surface area contributed by atoms with E-state index in [9.17, 15) is 0 Å². The van der Waals surface area contributed by atoms with Gasteiger partial charge in [-0.1, -0.05) is 17.7 Å². The van der Waals surface area contributed by atoms with Crippen molar-refractivity contribution in [1.82, 2.24) is 5.32 Å². The van der Waals surface area contributed by atoms with Crippen LogP contribution in [0.2, 0.25) is 5.02 Å². The van der Waals surface area contributed by atoms with Crippen LogP contribution < -0.4 is 5.32 Å². The smallest absolute Gasteiger partial charge is 0.0626 e. The summed E-state index contributed by atoms with van der Waals surface area (Å²) in [5.74, 6) is 0. The molecule has 0 aliphatic rings. The molecular formula is C9H11BrClNO. The summed E-state index contributed by atoms with van der Waals surface area (Å²) in [5.41, 5.74) is 0.984. The van der Waals surface area contributed by atoms with Gasteiger partial charge in [0, 0.05) is 4.47 Å². The number of hydrogen-bond acceptors (Lipinski definition) is 2. The first-order valence-electron chi connectivity index (χ1n) is 3.92. The van der Waals surface area contributed by atoms with Gasteiger partial charge < -0.3 is 10.4 Å². The molecule has 0 saturated carbocycles. The molecule has 4 heteroatoms. The van der Waals surface area contributed by atoms with Crippen molar-refractivity contribution in [3.05, 3.63) is 33.3 Å². The Morgan fingerprint density at radius 3 is 2.77 bits per heavy atom. The van der Waals surface area contributed by atoms with Gasteiger partial charge in [0.05, 0.1) is 17.7 Å². The molecule has 0 unspecified atom stereocenters. The van der Waals surface area contributed by atoms with Gasteiger partial charge in [-0.3, -0.25) is 0 Å². The average molecular weight is 265 g/mol. The number of aliphatic hydroxyl groups excluding tert-OH is 1. The Labute approximate surface area is 91.0 Å². The van der Waals surface area contributed by atoms with Gasteiger partial charge in [-0.05, 0) is 40.7 Å². The van der Waals surface area contributed by atoms with E-state index in [0.717, 1.165) is 10.0 Å². The monoisotopic (exact) mass is 263 g/mol. The molecule has 1 aromatic carbocycles. The third-order valence-electron chi connectivity index (χ3n) is 1.88. The van der Waals surface area contributed by atoms with E-state index in [2.05, 4.69) is 21.2 Å². The Balaban J connectivity index is 2.95. The topological polar surface area (TPSA) is 32.3 Å². The van der Waals surface area contributed by atoms with E-state index in [1.807, 2.05) is 18.2 Å². The molecule has 2 nitrogen and oxygen atoms in total. The first-order valence-corrected chi connectivity index (χ1v) is 5.09. The third kappa shape index (κ3) is 2.68. The molecular weight excluding hydrogens is 253 g/mol. The molecule has 0 aliphatic carbocycles. The molecule has 0 spiro atoms. The van der Waals surface area contributed by atoms with Crippen LogP contribution in [-0.4, -0.2) is 18.8 Å². The summed E-state index contributed by atoms with van der Waals surface area (Å²) in [6, 6.07) is 5.58. The van der Waals surface area contributed by atoms with Crippen LogP contribution >= 0.6 is 27.5 Å². The van der Waals surface area contributed by atoms with Gasteiger partial charge in [-0.2, -0.15) is 0 Å². The molecule has 1 rings (SSSR count). The van der Waals surface area contributed by atoms with Crippen molar-refractivity contribution in [2.45, 2.75) is 6.04 Å². The molecule has 0 fully saturated rings. The summed E-state index contributed by atoms with van der Waals surface area (Å²) in [7, 11) is 1.80. The highest BCUT2D eigenvalue weighted by atomic mass is 79.9. The molecule has 13 heavy (non-hydrogen) atoms. The van der Waals surface area contributed by atoms with Crippen LogP contribution in [0.25, 0.3) is 0 Å². The number of likely N-dealkylation sites (N-methyl/N-ethyl adjacent to an activating group) is 1. The molecule has 1 atom stereocenters. The van der Waals surface area contributed by atoms with Crippen molar-refractivity contribution < 1.29 is 5.11 Å². The van der Waals surface area contributed by atoms with Crippen LogP contribution in [0.4, 0.5) is 0 Å². The fourth-order valence-electron chi connectivity index (χ4n) is 1.09. The van der Waals surface area contributed by atoms with Gasteiger partial charge in [0.15, 0.2) is 0 Å². The Kier molecular flexibility index (Phi) is 4.19. The van der Waals surface area contributed by atoms with Crippen LogP contribution in [0.5, 0.6) is 0 Å². The molecule has 0 radical (unpaired) electrons. The minimum atomic E-state index is -0.0504. The molecule has 0 aromatic heterocycles. The van der Waals surface area contributed by atoms with Crippen LogP contribution in [-0.2, 0) is 0 Å². The highest BCUT2D eigenvalue weighted by Gasteiger charge is 2.08. The summed E-state index contributed by atoms with van der Waals surface area (Å²) < 4.78 is 0.866. The van der Waals surface area contributed by atoms with E-state index in [1.165, 1.54) is 0 Å². The lowest BCUT2D eigenvalue weighted by Gasteiger charge is -2.13. The van der Waals surface area contributed by atoms with Crippen molar-refractivity contribution in [1.29, 1.82) is 0 Å². The molecule has 0 bridgehead atoms. The van der Waals surface area contributed by atoms with Gasteiger partial charge in [-0.15, -0.1) is 0 Å². The fourth-order valence-corrected chi connectivity index (χ4v) is 1.53. The van der Waals surface area contributed by atoms with Crippen molar-refractivity contribution in [2.24, 2.45) is 0 Å². The zero-order valence-electron chi connectivity index (χ0n) is 7.22. The lowest BCUT2D eigenvalue weighted by atomic mass is 10.1. The molecule has 0 amide bonds. The second-order valence-corrected chi connectivity index (χ2v) is 3.96. The summed E-state index contributed by atoms with van der Waals surface area (Å²) in [6.07, 6.45) is 0. The zero-order valence-corrected chi connectivity index (χ0v) is 9.56. The molecule has 2 N–H and O–H groups in total. The number of hydrogen-bond donors (Lipinski definition) is 2. The normalized spacial score (nSPS) is 12.9. The van der Waals surface area contributed by atoms with Crippen molar-refractivity contribution in [3.63, 3.8) is 0 Å². The van der Waals surface area contributed by atoms with Gasteiger partial charge in [-0.25, -0.2) is 0 Å². The third-order valence-corrected chi connectivity index (χ3v) is 3.11. The summed E-state index contributed by atoms with van der Waals surface area (Å²) >= 11 is 9.22. The number of nitrogens with one attached hydrogen (secondary N) is 1. The average Bonchev–Trinajstić information content (AvgIpc) is 2.13. The molecule has 1 aromatic rings. The van der Waals surface area contributed by atoms with Crippen LogP contribution in [0.1, 0.15) is 11.6 Å². The molecule has 72 valence electrons. The Morgan fingerprint density at radius 1 is 1.62 bits per heavy atom. The maximum Gasteiger partial charge on any atom is 0.0626 e. The van der Waals surface area contributed by atoms with E-state index in [0.29, 0.717) is 5.02 Å². The predicted molar refractivity (Wildman–Crippen MR) is 58.0 cm³/mol. The molecule has 0 aliphatic heterocycles. The quantitative estimate of drug-likeness (QED) is 0.878. The van der Waals surface area contributed by atoms with Crippen molar-refractivity contribution in [3.8, 4) is 0 Å².